The van der Waals surface area contributed by atoms with Crippen molar-refractivity contribution in [3.8, 4) is 0 Å². The van der Waals surface area contributed by atoms with Crippen molar-refractivity contribution < 1.29 is 9.53 Å². The number of nitrogens with one attached hydrogen (secondary N) is 1. The summed E-state index contributed by atoms with van der Waals surface area (Å²) in [6.07, 6.45) is 1.58. The third-order valence-corrected chi connectivity index (χ3v) is 2.95. The van der Waals surface area contributed by atoms with Crippen molar-refractivity contribution in [2.24, 2.45) is 0 Å². The number of hydrogen-bond acceptors (Lipinski definition) is 3. The van der Waals surface area contributed by atoms with E-state index in [1.54, 1.807) is 25.4 Å². The van der Waals surface area contributed by atoms with Gasteiger partial charge in [0.05, 0.1) is 6.61 Å². The van der Waals surface area contributed by atoms with Crippen LogP contribution in [0.15, 0.2) is 47.2 Å². The molecule has 0 aliphatic heterocycles. The van der Waals surface area contributed by atoms with Gasteiger partial charge in [-0.3, -0.25) is 4.79 Å². The predicted molar refractivity (Wildman–Crippen MR) is 77.0 cm³/mol. The number of aromatic nitrogens is 1. The molecule has 0 radical (unpaired) electrons. The lowest BCUT2D eigenvalue weighted by Crippen LogP contribution is -2.11. The highest BCUT2D eigenvalue weighted by Crippen LogP contribution is 2.13. The number of hydrogen-bond donors (Lipinski definition) is 1. The highest BCUT2D eigenvalue weighted by atomic mass is 79.9. The molecule has 0 bridgehead atoms. The standard InChI is InChI=1S/C14H13BrN2O2/c1-19-9-10-2-4-12(5-3-10)17-14(18)11-6-7-16-13(15)8-11/h2-8H,9H2,1H3,(H,17,18). The Bertz CT molecular complexity index is 570. The summed E-state index contributed by atoms with van der Waals surface area (Å²) in [5.74, 6) is -0.164. The average Bonchev–Trinajstić information content (AvgIpc) is 2.41. The molecule has 19 heavy (non-hydrogen) atoms. The van der Waals surface area contributed by atoms with Gasteiger partial charge in [-0.15, -0.1) is 0 Å². The van der Waals surface area contributed by atoms with E-state index >= 15 is 0 Å². The molecule has 1 aromatic heterocycles. The van der Waals surface area contributed by atoms with Gasteiger partial charge in [-0.2, -0.15) is 0 Å². The van der Waals surface area contributed by atoms with Crippen molar-refractivity contribution in [2.75, 3.05) is 12.4 Å². The van der Waals surface area contributed by atoms with E-state index in [1.807, 2.05) is 24.3 Å². The van der Waals surface area contributed by atoms with Gasteiger partial charge in [0.1, 0.15) is 4.60 Å². The van der Waals surface area contributed by atoms with Gasteiger partial charge < -0.3 is 10.1 Å². The summed E-state index contributed by atoms with van der Waals surface area (Å²) < 4.78 is 5.67. The predicted octanol–water partition coefficient (Wildman–Crippen LogP) is 3.24. The fraction of sp³-hybridized carbons (Fsp3) is 0.143. The molecule has 0 saturated heterocycles. The largest absolute Gasteiger partial charge is 0.380 e. The molecule has 0 fully saturated rings. The summed E-state index contributed by atoms with van der Waals surface area (Å²) in [7, 11) is 1.65. The quantitative estimate of drug-likeness (QED) is 0.880. The molecule has 5 heteroatoms. The Balaban J connectivity index is 2.06. The monoisotopic (exact) mass is 320 g/mol. The number of ether oxygens (including phenoxy) is 1. The lowest BCUT2D eigenvalue weighted by atomic mass is 10.2. The molecule has 0 aliphatic rings. The van der Waals surface area contributed by atoms with Gasteiger partial charge in [0.2, 0.25) is 0 Å². The van der Waals surface area contributed by atoms with Crippen LogP contribution in [-0.4, -0.2) is 18.0 Å². The van der Waals surface area contributed by atoms with Gasteiger partial charge >= 0.3 is 0 Å². The van der Waals surface area contributed by atoms with E-state index in [1.165, 1.54) is 0 Å². The first kappa shape index (κ1) is 13.7. The molecule has 2 aromatic rings. The third-order valence-electron chi connectivity index (χ3n) is 2.51. The number of nitrogens with zero attached hydrogens (tertiary/aromatic N) is 1. The van der Waals surface area contributed by atoms with Gasteiger partial charge in [-0.05, 0) is 45.8 Å². The summed E-state index contributed by atoms with van der Waals surface area (Å²) in [6, 6.07) is 10.9. The van der Waals surface area contributed by atoms with Crippen molar-refractivity contribution in [1.29, 1.82) is 0 Å². The van der Waals surface area contributed by atoms with Crippen molar-refractivity contribution >= 4 is 27.5 Å². The van der Waals surface area contributed by atoms with Crippen molar-refractivity contribution in [3.63, 3.8) is 0 Å². The van der Waals surface area contributed by atoms with Crippen molar-refractivity contribution in [1.82, 2.24) is 4.98 Å². The van der Waals surface area contributed by atoms with Crippen LogP contribution in [-0.2, 0) is 11.3 Å². The van der Waals surface area contributed by atoms with Crippen LogP contribution in [0.1, 0.15) is 15.9 Å². The lowest BCUT2D eigenvalue weighted by molar-refractivity contribution is 0.102. The van der Waals surface area contributed by atoms with Crippen LogP contribution in [0.3, 0.4) is 0 Å². The molecule has 1 aromatic carbocycles. The molecule has 0 unspecified atom stereocenters. The first-order chi connectivity index (χ1) is 9.19. The number of amides is 1. The average molecular weight is 321 g/mol. The number of carbonyl (C=O) groups excluding carboxylic acids is 1. The number of pyridine rings is 1. The van der Waals surface area contributed by atoms with Crippen LogP contribution in [0.2, 0.25) is 0 Å². The van der Waals surface area contributed by atoms with Crippen molar-refractivity contribution in [2.45, 2.75) is 6.61 Å². The Morgan fingerprint density at radius 1 is 1.32 bits per heavy atom. The summed E-state index contributed by atoms with van der Waals surface area (Å²) >= 11 is 3.24. The van der Waals surface area contributed by atoms with Gasteiger partial charge in [-0.1, -0.05) is 12.1 Å². The molecule has 1 heterocycles. The summed E-state index contributed by atoms with van der Waals surface area (Å²) in [5.41, 5.74) is 2.37. The number of carbonyl (C=O) groups is 1. The van der Waals surface area contributed by atoms with E-state index in [9.17, 15) is 4.79 Å². The first-order valence-electron chi connectivity index (χ1n) is 5.70. The molecule has 1 amide bonds. The molecular weight excluding hydrogens is 308 g/mol. The van der Waals surface area contributed by atoms with E-state index in [0.29, 0.717) is 16.8 Å². The maximum Gasteiger partial charge on any atom is 0.255 e. The molecule has 0 aliphatic carbocycles. The smallest absolute Gasteiger partial charge is 0.255 e. The zero-order chi connectivity index (χ0) is 13.7. The van der Waals surface area contributed by atoms with Crippen LogP contribution in [0.4, 0.5) is 5.69 Å². The topological polar surface area (TPSA) is 51.2 Å². The maximum atomic E-state index is 12.0. The molecular formula is C14H13BrN2O2. The fourth-order valence-corrected chi connectivity index (χ4v) is 1.96. The number of anilines is 1. The van der Waals surface area contributed by atoms with Crippen molar-refractivity contribution in [3.05, 3.63) is 58.3 Å². The van der Waals surface area contributed by atoms with Gasteiger partial charge in [0.25, 0.3) is 5.91 Å². The van der Waals surface area contributed by atoms with Crippen LogP contribution in [0.5, 0.6) is 0 Å². The molecule has 0 saturated carbocycles. The minimum atomic E-state index is -0.164. The summed E-state index contributed by atoms with van der Waals surface area (Å²) in [4.78, 5) is 16.0. The zero-order valence-electron chi connectivity index (χ0n) is 10.4. The number of methoxy groups -OCH3 is 1. The van der Waals surface area contributed by atoms with Crippen LogP contribution in [0.25, 0.3) is 0 Å². The van der Waals surface area contributed by atoms with E-state index in [2.05, 4.69) is 26.2 Å². The molecule has 98 valence electrons. The molecule has 1 N–H and O–H groups in total. The van der Waals surface area contributed by atoms with E-state index in [4.69, 9.17) is 4.74 Å². The third kappa shape index (κ3) is 3.87. The maximum absolute atomic E-state index is 12.0. The lowest BCUT2D eigenvalue weighted by Gasteiger charge is -2.06. The number of halogens is 1. The Hall–Kier alpha value is -1.72. The van der Waals surface area contributed by atoms with Gasteiger partial charge in [0.15, 0.2) is 0 Å². The second kappa shape index (κ2) is 6.45. The first-order valence-corrected chi connectivity index (χ1v) is 6.49. The highest BCUT2D eigenvalue weighted by Gasteiger charge is 2.06. The van der Waals surface area contributed by atoms with Crippen LogP contribution >= 0.6 is 15.9 Å². The molecule has 2 rings (SSSR count). The number of benzene rings is 1. The summed E-state index contributed by atoms with van der Waals surface area (Å²) in [5, 5.41) is 2.83. The van der Waals surface area contributed by atoms with Gasteiger partial charge in [0, 0.05) is 24.6 Å². The SMILES string of the molecule is COCc1ccc(NC(=O)c2ccnc(Br)c2)cc1. The van der Waals surface area contributed by atoms with Crippen LogP contribution < -0.4 is 5.32 Å². The van der Waals surface area contributed by atoms with E-state index in [0.717, 1.165) is 11.3 Å². The Labute approximate surface area is 119 Å². The minimum absolute atomic E-state index is 0.164. The minimum Gasteiger partial charge on any atom is -0.380 e. The zero-order valence-corrected chi connectivity index (χ0v) is 12.0. The summed E-state index contributed by atoms with van der Waals surface area (Å²) in [6.45, 7) is 0.561. The fourth-order valence-electron chi connectivity index (χ4n) is 1.60. The molecule has 0 spiro atoms. The van der Waals surface area contributed by atoms with E-state index in [-0.39, 0.29) is 5.91 Å². The normalized spacial score (nSPS) is 10.2. The Morgan fingerprint density at radius 2 is 2.05 bits per heavy atom. The number of rotatable bonds is 4. The second-order valence-electron chi connectivity index (χ2n) is 3.95. The highest BCUT2D eigenvalue weighted by molar-refractivity contribution is 9.10. The second-order valence-corrected chi connectivity index (χ2v) is 4.76. The Kier molecular flexibility index (Phi) is 4.65. The molecule has 4 nitrogen and oxygen atoms in total. The van der Waals surface area contributed by atoms with Gasteiger partial charge in [-0.25, -0.2) is 4.98 Å². The Morgan fingerprint density at radius 3 is 2.68 bits per heavy atom. The van der Waals surface area contributed by atoms with E-state index < -0.39 is 0 Å². The van der Waals surface area contributed by atoms with Crippen LogP contribution in [0, 0.1) is 0 Å². The molecule has 0 atom stereocenters.